The second-order valence-electron chi connectivity index (χ2n) is 6.60. The highest BCUT2D eigenvalue weighted by molar-refractivity contribution is 7.89. The predicted molar refractivity (Wildman–Crippen MR) is 100 cm³/mol. The first-order valence-corrected chi connectivity index (χ1v) is 10.3. The molecule has 1 N–H and O–H groups in total. The molecule has 3 rings (SSSR count). The molecular weight excluding hydrogens is 366 g/mol. The lowest BCUT2D eigenvalue weighted by atomic mass is 9.94. The van der Waals surface area contributed by atoms with E-state index in [0.717, 1.165) is 22.3 Å². The van der Waals surface area contributed by atoms with Crippen molar-refractivity contribution < 1.29 is 23.1 Å². The Morgan fingerprint density at radius 1 is 1.19 bits per heavy atom. The van der Waals surface area contributed by atoms with E-state index in [1.54, 1.807) is 43.3 Å². The van der Waals surface area contributed by atoms with Gasteiger partial charge in [-0.05, 0) is 42.7 Å². The Bertz CT molecular complexity index is 937. The third kappa shape index (κ3) is 3.90. The molecule has 7 heteroatoms. The zero-order valence-electron chi connectivity index (χ0n) is 15.4. The smallest absolute Gasteiger partial charge is 0.324 e. The summed E-state index contributed by atoms with van der Waals surface area (Å²) in [6.45, 7) is 3.73. The normalized spacial score (nSPS) is 17.4. The van der Waals surface area contributed by atoms with Crippen molar-refractivity contribution in [3.8, 4) is 0 Å². The van der Waals surface area contributed by atoms with Crippen molar-refractivity contribution in [2.45, 2.75) is 44.4 Å². The zero-order chi connectivity index (χ0) is 19.6. The Hall–Kier alpha value is -2.22. The molecule has 0 bridgehead atoms. The van der Waals surface area contributed by atoms with Crippen LogP contribution >= 0.6 is 0 Å². The minimum absolute atomic E-state index is 0.0841. The molecule has 1 heterocycles. The van der Waals surface area contributed by atoms with E-state index in [-0.39, 0.29) is 31.1 Å². The number of rotatable bonds is 5. The van der Waals surface area contributed by atoms with Crippen LogP contribution in [-0.4, -0.2) is 36.4 Å². The molecule has 6 nitrogen and oxygen atoms in total. The zero-order valence-corrected chi connectivity index (χ0v) is 16.2. The van der Waals surface area contributed by atoms with Crippen LogP contribution in [0.1, 0.15) is 29.2 Å². The van der Waals surface area contributed by atoms with Gasteiger partial charge in [0.25, 0.3) is 0 Å². The quantitative estimate of drug-likeness (QED) is 0.793. The second-order valence-corrected chi connectivity index (χ2v) is 8.49. The van der Waals surface area contributed by atoms with E-state index < -0.39 is 22.0 Å². The molecule has 0 amide bonds. The molecule has 0 spiro atoms. The summed E-state index contributed by atoms with van der Waals surface area (Å²) >= 11 is 0. The number of aryl methyl sites for hydroxylation is 1. The third-order valence-electron chi connectivity index (χ3n) is 4.73. The number of benzene rings is 2. The van der Waals surface area contributed by atoms with Gasteiger partial charge in [0.05, 0.1) is 18.1 Å². The van der Waals surface area contributed by atoms with Gasteiger partial charge >= 0.3 is 5.97 Å². The van der Waals surface area contributed by atoms with E-state index in [9.17, 15) is 18.3 Å². The molecule has 0 radical (unpaired) electrons. The number of nitrogens with zero attached hydrogens (tertiary/aromatic N) is 1. The fraction of sp³-hybridized carbons (Fsp3) is 0.350. The Morgan fingerprint density at radius 3 is 2.52 bits per heavy atom. The van der Waals surface area contributed by atoms with Gasteiger partial charge in [-0.15, -0.1) is 0 Å². The average Bonchev–Trinajstić information content (AvgIpc) is 2.67. The summed E-state index contributed by atoms with van der Waals surface area (Å²) in [5, 5.41) is 9.35. The Kier molecular flexibility index (Phi) is 5.64. The van der Waals surface area contributed by atoms with Gasteiger partial charge in [-0.3, -0.25) is 4.79 Å². The standard InChI is InChI=1S/C20H23NO5S/c1-3-26-20(23)19-11-17-10-15(13-22)6-7-16(17)12-21(19)27(24,25)18-8-4-14(2)5-9-18/h4-10,19,22H,3,11-13H2,1-2H3. The molecule has 2 aromatic carbocycles. The van der Waals surface area contributed by atoms with Gasteiger partial charge in [0, 0.05) is 13.0 Å². The number of esters is 1. The van der Waals surface area contributed by atoms with E-state index in [0.29, 0.717) is 0 Å². The Balaban J connectivity index is 2.04. The van der Waals surface area contributed by atoms with E-state index >= 15 is 0 Å². The van der Waals surface area contributed by atoms with Crippen LogP contribution < -0.4 is 0 Å². The molecule has 1 atom stereocenters. The van der Waals surface area contributed by atoms with Gasteiger partial charge in [0.1, 0.15) is 6.04 Å². The lowest BCUT2D eigenvalue weighted by Gasteiger charge is -2.34. The summed E-state index contributed by atoms with van der Waals surface area (Å²) in [5.74, 6) is -0.562. The number of hydrogen-bond donors (Lipinski definition) is 1. The molecule has 1 aliphatic heterocycles. The number of fused-ring (bicyclic) bond motifs is 1. The van der Waals surface area contributed by atoms with Gasteiger partial charge in [-0.25, -0.2) is 8.42 Å². The number of carbonyl (C=O) groups is 1. The van der Waals surface area contributed by atoms with Crippen molar-refractivity contribution >= 4 is 16.0 Å². The van der Waals surface area contributed by atoms with Gasteiger partial charge in [-0.1, -0.05) is 35.9 Å². The molecular formula is C20H23NO5S. The van der Waals surface area contributed by atoms with Crippen molar-refractivity contribution in [3.63, 3.8) is 0 Å². The lowest BCUT2D eigenvalue weighted by Crippen LogP contribution is -2.49. The minimum Gasteiger partial charge on any atom is -0.465 e. The van der Waals surface area contributed by atoms with Crippen molar-refractivity contribution in [1.82, 2.24) is 4.31 Å². The molecule has 0 saturated heterocycles. The van der Waals surface area contributed by atoms with Crippen LogP contribution in [0.2, 0.25) is 0 Å². The average molecular weight is 389 g/mol. The number of aliphatic hydroxyl groups is 1. The van der Waals surface area contributed by atoms with Gasteiger partial charge < -0.3 is 9.84 Å². The molecule has 0 aliphatic carbocycles. The summed E-state index contributed by atoms with van der Waals surface area (Å²) in [6, 6.07) is 11.0. The number of ether oxygens (including phenoxy) is 1. The first kappa shape index (κ1) is 19.5. The lowest BCUT2D eigenvalue weighted by molar-refractivity contribution is -0.148. The predicted octanol–water partition coefficient (Wildman–Crippen LogP) is 2.17. The molecule has 27 heavy (non-hydrogen) atoms. The monoisotopic (exact) mass is 389 g/mol. The fourth-order valence-electron chi connectivity index (χ4n) is 3.25. The SMILES string of the molecule is CCOC(=O)C1Cc2cc(CO)ccc2CN1S(=O)(=O)c1ccc(C)cc1. The summed E-state index contributed by atoms with van der Waals surface area (Å²) in [4.78, 5) is 12.7. The van der Waals surface area contributed by atoms with Crippen LogP contribution in [0, 0.1) is 6.92 Å². The molecule has 144 valence electrons. The summed E-state index contributed by atoms with van der Waals surface area (Å²) in [5.41, 5.74) is 3.36. The highest BCUT2D eigenvalue weighted by atomic mass is 32.2. The van der Waals surface area contributed by atoms with Gasteiger partial charge in [-0.2, -0.15) is 4.31 Å². The fourth-order valence-corrected chi connectivity index (χ4v) is 4.80. The molecule has 0 fully saturated rings. The highest BCUT2D eigenvalue weighted by Gasteiger charge is 2.40. The van der Waals surface area contributed by atoms with Crippen molar-refractivity contribution in [2.75, 3.05) is 6.61 Å². The molecule has 1 aliphatic rings. The number of aliphatic hydroxyl groups excluding tert-OH is 1. The van der Waals surface area contributed by atoms with E-state index in [2.05, 4.69) is 0 Å². The van der Waals surface area contributed by atoms with Crippen LogP contribution in [0.25, 0.3) is 0 Å². The van der Waals surface area contributed by atoms with Crippen LogP contribution in [0.5, 0.6) is 0 Å². The van der Waals surface area contributed by atoms with E-state index in [4.69, 9.17) is 4.74 Å². The summed E-state index contributed by atoms with van der Waals surface area (Å²) < 4.78 is 32.8. The Morgan fingerprint density at radius 2 is 1.89 bits per heavy atom. The number of hydrogen-bond acceptors (Lipinski definition) is 5. The van der Waals surface area contributed by atoms with E-state index in [1.165, 1.54) is 4.31 Å². The van der Waals surface area contributed by atoms with Crippen LogP contribution in [-0.2, 0) is 39.1 Å². The van der Waals surface area contributed by atoms with Crippen molar-refractivity contribution in [3.05, 3.63) is 64.7 Å². The maximum Gasteiger partial charge on any atom is 0.324 e. The van der Waals surface area contributed by atoms with E-state index in [1.807, 2.05) is 13.0 Å². The summed E-state index contributed by atoms with van der Waals surface area (Å²) in [6.07, 6.45) is 0.215. The second kappa shape index (κ2) is 7.80. The Labute approximate surface area is 159 Å². The minimum atomic E-state index is -3.87. The van der Waals surface area contributed by atoms with Crippen molar-refractivity contribution in [2.24, 2.45) is 0 Å². The third-order valence-corrected chi connectivity index (χ3v) is 6.60. The first-order chi connectivity index (χ1) is 12.9. The highest BCUT2D eigenvalue weighted by Crippen LogP contribution is 2.30. The van der Waals surface area contributed by atoms with Gasteiger partial charge in [0.2, 0.25) is 10.0 Å². The van der Waals surface area contributed by atoms with Crippen LogP contribution in [0.15, 0.2) is 47.4 Å². The maximum atomic E-state index is 13.2. The maximum absolute atomic E-state index is 13.2. The molecule has 1 unspecified atom stereocenters. The topological polar surface area (TPSA) is 83.9 Å². The largest absolute Gasteiger partial charge is 0.465 e. The molecule has 2 aromatic rings. The van der Waals surface area contributed by atoms with Gasteiger partial charge in [0.15, 0.2) is 0 Å². The summed E-state index contributed by atoms with van der Waals surface area (Å²) in [7, 11) is -3.87. The van der Waals surface area contributed by atoms with Crippen molar-refractivity contribution in [1.29, 1.82) is 0 Å². The number of sulfonamides is 1. The first-order valence-electron chi connectivity index (χ1n) is 8.83. The molecule has 0 saturated carbocycles. The van der Waals surface area contributed by atoms with Crippen LogP contribution in [0.4, 0.5) is 0 Å². The van der Waals surface area contributed by atoms with Crippen LogP contribution in [0.3, 0.4) is 0 Å². The number of carbonyl (C=O) groups excluding carboxylic acids is 1. The molecule has 0 aromatic heterocycles.